The van der Waals surface area contributed by atoms with Crippen molar-refractivity contribution in [1.29, 1.82) is 0 Å². The van der Waals surface area contributed by atoms with Gasteiger partial charge in [-0.15, -0.1) is 0 Å². The Morgan fingerprint density at radius 3 is 2.55 bits per heavy atom. The second kappa shape index (κ2) is 3.70. The van der Waals surface area contributed by atoms with Gasteiger partial charge in [-0.05, 0) is 18.8 Å². The Morgan fingerprint density at radius 1 is 1.55 bits per heavy atom. The topological polar surface area (TPSA) is 46.5 Å². The van der Waals surface area contributed by atoms with Gasteiger partial charge in [-0.25, -0.2) is 0 Å². The summed E-state index contributed by atoms with van der Waals surface area (Å²) in [5.41, 5.74) is 0. The van der Waals surface area contributed by atoms with Crippen LogP contribution in [0.15, 0.2) is 0 Å². The lowest BCUT2D eigenvalue weighted by Crippen LogP contribution is -2.03. The minimum Gasteiger partial charge on any atom is -0.324 e. The van der Waals surface area contributed by atoms with E-state index in [-0.39, 0.29) is 0 Å². The summed E-state index contributed by atoms with van der Waals surface area (Å²) in [6.07, 6.45) is 4.79. The fraction of sp³-hybridized carbons (Fsp3) is 1.00. The van der Waals surface area contributed by atoms with Crippen molar-refractivity contribution in [3.05, 3.63) is 0 Å². The third-order valence-corrected chi connectivity index (χ3v) is 2.65. The standard InChI is InChI=1S/C7H15O3P/c1-11(8,9)10-6-7-4-2-3-5-7/h7H,2-6H2,1H3,(H,8,9). The van der Waals surface area contributed by atoms with Crippen molar-refractivity contribution in [2.75, 3.05) is 13.3 Å². The highest BCUT2D eigenvalue weighted by molar-refractivity contribution is 7.51. The molecule has 0 spiro atoms. The lowest BCUT2D eigenvalue weighted by Gasteiger charge is -2.10. The molecule has 11 heavy (non-hydrogen) atoms. The van der Waals surface area contributed by atoms with Gasteiger partial charge in [0.2, 0.25) is 0 Å². The summed E-state index contributed by atoms with van der Waals surface area (Å²) >= 11 is 0. The molecule has 1 N–H and O–H groups in total. The van der Waals surface area contributed by atoms with Crippen LogP contribution in [0.25, 0.3) is 0 Å². The maximum atomic E-state index is 10.7. The monoisotopic (exact) mass is 178 g/mol. The predicted octanol–water partition coefficient (Wildman–Crippen LogP) is 2.01. The molecule has 0 aliphatic heterocycles. The van der Waals surface area contributed by atoms with Gasteiger partial charge in [0.15, 0.2) is 0 Å². The molecule has 0 amide bonds. The second-order valence-electron chi connectivity index (χ2n) is 3.25. The van der Waals surface area contributed by atoms with Gasteiger partial charge in [0.25, 0.3) is 0 Å². The number of hydrogen-bond donors (Lipinski definition) is 1. The molecule has 0 aromatic carbocycles. The number of rotatable bonds is 3. The molecule has 1 aliphatic carbocycles. The highest BCUT2D eigenvalue weighted by Crippen LogP contribution is 2.38. The Labute approximate surface area is 67.3 Å². The van der Waals surface area contributed by atoms with Crippen LogP contribution >= 0.6 is 7.60 Å². The van der Waals surface area contributed by atoms with Crippen molar-refractivity contribution in [2.45, 2.75) is 25.7 Å². The minimum absolute atomic E-state index is 0.463. The quantitative estimate of drug-likeness (QED) is 0.672. The van der Waals surface area contributed by atoms with Crippen molar-refractivity contribution >= 4 is 7.60 Å². The third kappa shape index (κ3) is 3.90. The maximum absolute atomic E-state index is 10.7. The molecule has 0 radical (unpaired) electrons. The fourth-order valence-electron chi connectivity index (χ4n) is 1.42. The molecule has 3 nitrogen and oxygen atoms in total. The molecule has 0 saturated heterocycles. The Balaban J connectivity index is 2.16. The van der Waals surface area contributed by atoms with Gasteiger partial charge in [0.05, 0.1) is 6.61 Å². The van der Waals surface area contributed by atoms with Crippen molar-refractivity contribution in [1.82, 2.24) is 0 Å². The first-order chi connectivity index (χ1) is 5.08. The van der Waals surface area contributed by atoms with Gasteiger partial charge in [-0.3, -0.25) is 4.57 Å². The molecule has 0 bridgehead atoms. The molecule has 0 aromatic rings. The summed E-state index contributed by atoms with van der Waals surface area (Å²) in [6.45, 7) is 1.70. The van der Waals surface area contributed by atoms with Gasteiger partial charge in [-0.1, -0.05) is 12.8 Å². The Kier molecular flexibility index (Phi) is 3.11. The Bertz CT molecular complexity index is 157. The normalized spacial score (nSPS) is 25.3. The van der Waals surface area contributed by atoms with E-state index in [0.29, 0.717) is 12.5 Å². The van der Waals surface area contributed by atoms with E-state index in [2.05, 4.69) is 0 Å². The molecule has 4 heteroatoms. The van der Waals surface area contributed by atoms with E-state index in [9.17, 15) is 4.57 Å². The Morgan fingerprint density at radius 2 is 2.09 bits per heavy atom. The first-order valence-electron chi connectivity index (χ1n) is 4.03. The summed E-state index contributed by atoms with van der Waals surface area (Å²) in [5.74, 6) is 0.524. The van der Waals surface area contributed by atoms with Crippen molar-refractivity contribution in [3.8, 4) is 0 Å². The molecule has 0 heterocycles. The zero-order chi connectivity index (χ0) is 8.32. The van der Waals surface area contributed by atoms with E-state index in [4.69, 9.17) is 9.42 Å². The fourth-order valence-corrected chi connectivity index (χ4v) is 1.91. The molecule has 1 rings (SSSR count). The highest BCUT2D eigenvalue weighted by Gasteiger charge is 2.18. The summed E-state index contributed by atoms with van der Waals surface area (Å²) in [6, 6.07) is 0. The van der Waals surface area contributed by atoms with Crippen LogP contribution in [0.1, 0.15) is 25.7 Å². The average Bonchev–Trinajstić information content (AvgIpc) is 2.32. The molecular formula is C7H15O3P. The Hall–Kier alpha value is 0.150. The highest BCUT2D eigenvalue weighted by atomic mass is 31.2. The second-order valence-corrected chi connectivity index (χ2v) is 5.11. The smallest absolute Gasteiger partial charge is 0.324 e. The average molecular weight is 178 g/mol. The van der Waals surface area contributed by atoms with Crippen LogP contribution in [0.3, 0.4) is 0 Å². The molecule has 1 unspecified atom stereocenters. The van der Waals surface area contributed by atoms with Crippen LogP contribution < -0.4 is 0 Å². The van der Waals surface area contributed by atoms with E-state index >= 15 is 0 Å². The molecule has 1 aliphatic rings. The van der Waals surface area contributed by atoms with E-state index in [1.807, 2.05) is 0 Å². The largest absolute Gasteiger partial charge is 0.325 e. The third-order valence-electron chi connectivity index (χ3n) is 2.02. The minimum atomic E-state index is -3.22. The maximum Gasteiger partial charge on any atom is 0.325 e. The van der Waals surface area contributed by atoms with Crippen molar-refractivity contribution < 1.29 is 14.0 Å². The summed E-state index contributed by atoms with van der Waals surface area (Å²) in [4.78, 5) is 8.81. The first-order valence-corrected chi connectivity index (χ1v) is 6.05. The van der Waals surface area contributed by atoms with E-state index in [0.717, 1.165) is 12.8 Å². The van der Waals surface area contributed by atoms with Crippen LogP contribution in [0, 0.1) is 5.92 Å². The van der Waals surface area contributed by atoms with Gasteiger partial charge >= 0.3 is 7.60 Å². The van der Waals surface area contributed by atoms with Gasteiger partial charge in [0.1, 0.15) is 0 Å². The predicted molar refractivity (Wildman–Crippen MR) is 43.7 cm³/mol. The lowest BCUT2D eigenvalue weighted by atomic mass is 10.1. The van der Waals surface area contributed by atoms with Crippen LogP contribution in [-0.4, -0.2) is 18.2 Å². The summed E-state index contributed by atoms with van der Waals surface area (Å²) in [5, 5.41) is 0. The lowest BCUT2D eigenvalue weighted by molar-refractivity contribution is 0.220. The van der Waals surface area contributed by atoms with Gasteiger partial charge in [0, 0.05) is 6.66 Å². The molecule has 1 saturated carbocycles. The van der Waals surface area contributed by atoms with E-state index in [1.54, 1.807) is 0 Å². The van der Waals surface area contributed by atoms with Crippen LogP contribution in [0.4, 0.5) is 0 Å². The van der Waals surface area contributed by atoms with Crippen LogP contribution in [0.2, 0.25) is 0 Å². The molecular weight excluding hydrogens is 163 g/mol. The zero-order valence-corrected chi connectivity index (χ0v) is 7.72. The molecule has 0 aromatic heterocycles. The molecule has 1 atom stereocenters. The van der Waals surface area contributed by atoms with Crippen molar-refractivity contribution in [2.24, 2.45) is 5.92 Å². The molecule has 66 valence electrons. The summed E-state index contributed by atoms with van der Waals surface area (Å²) in [7, 11) is -3.22. The van der Waals surface area contributed by atoms with Gasteiger partial charge < -0.3 is 9.42 Å². The van der Waals surface area contributed by atoms with E-state index in [1.165, 1.54) is 19.5 Å². The zero-order valence-electron chi connectivity index (χ0n) is 6.82. The SMILES string of the molecule is CP(=O)(O)OCC1CCCC1. The number of hydrogen-bond acceptors (Lipinski definition) is 2. The van der Waals surface area contributed by atoms with Crippen molar-refractivity contribution in [3.63, 3.8) is 0 Å². The molecule has 1 fully saturated rings. The van der Waals surface area contributed by atoms with Gasteiger partial charge in [-0.2, -0.15) is 0 Å². The summed E-state index contributed by atoms with van der Waals surface area (Å²) < 4.78 is 15.5. The van der Waals surface area contributed by atoms with E-state index < -0.39 is 7.60 Å². The van der Waals surface area contributed by atoms with Crippen LogP contribution in [0.5, 0.6) is 0 Å². The first kappa shape index (κ1) is 9.24. The van der Waals surface area contributed by atoms with Crippen LogP contribution in [-0.2, 0) is 9.09 Å².